The van der Waals surface area contributed by atoms with Crippen molar-refractivity contribution >= 4 is 34.7 Å². The maximum absolute atomic E-state index is 6.03. The van der Waals surface area contributed by atoms with Crippen LogP contribution in [-0.2, 0) is 4.74 Å². The molecule has 7 heteroatoms. The second-order valence-electron chi connectivity index (χ2n) is 4.70. The molecule has 0 saturated carbocycles. The third-order valence-corrected chi connectivity index (χ3v) is 3.55. The number of aromatic nitrogens is 2. The molecule has 3 rings (SSSR count). The van der Waals surface area contributed by atoms with Gasteiger partial charge in [0, 0.05) is 24.5 Å². The van der Waals surface area contributed by atoms with Gasteiger partial charge in [-0.05, 0) is 24.3 Å². The van der Waals surface area contributed by atoms with Crippen LogP contribution < -0.4 is 16.0 Å². The number of nitrogen functional groups attached to an aromatic ring is 1. The van der Waals surface area contributed by atoms with Gasteiger partial charge in [-0.2, -0.15) is 4.98 Å². The van der Waals surface area contributed by atoms with Crippen LogP contribution in [-0.4, -0.2) is 36.3 Å². The van der Waals surface area contributed by atoms with E-state index in [-0.39, 0.29) is 5.95 Å². The second-order valence-corrected chi connectivity index (χ2v) is 5.10. The number of rotatable bonds is 3. The monoisotopic (exact) mass is 305 g/mol. The molecule has 1 aromatic carbocycles. The van der Waals surface area contributed by atoms with Crippen molar-refractivity contribution in [2.75, 3.05) is 42.3 Å². The van der Waals surface area contributed by atoms with Gasteiger partial charge in [0.05, 0.1) is 19.4 Å². The minimum atomic E-state index is 0.187. The zero-order chi connectivity index (χ0) is 14.7. The van der Waals surface area contributed by atoms with Crippen LogP contribution in [0.5, 0.6) is 0 Å². The van der Waals surface area contributed by atoms with Gasteiger partial charge >= 0.3 is 0 Å². The first kappa shape index (κ1) is 13.9. The lowest BCUT2D eigenvalue weighted by atomic mass is 10.2. The fourth-order valence-corrected chi connectivity index (χ4v) is 2.32. The van der Waals surface area contributed by atoms with E-state index in [1.54, 1.807) is 0 Å². The molecule has 21 heavy (non-hydrogen) atoms. The van der Waals surface area contributed by atoms with Crippen molar-refractivity contribution in [1.29, 1.82) is 0 Å². The molecular weight excluding hydrogens is 290 g/mol. The number of nitrogens with two attached hydrogens (primary N) is 1. The summed E-state index contributed by atoms with van der Waals surface area (Å²) in [7, 11) is 0. The summed E-state index contributed by atoms with van der Waals surface area (Å²) in [4.78, 5) is 10.2. The third-order valence-electron chi connectivity index (χ3n) is 3.27. The van der Waals surface area contributed by atoms with Crippen LogP contribution in [0.25, 0.3) is 0 Å². The SMILES string of the molecule is Nc1ncc(Cl)c(Nc2ccc(N3CCOCC3)cc2)n1. The molecule has 0 radical (unpaired) electrons. The highest BCUT2D eigenvalue weighted by Crippen LogP contribution is 2.25. The minimum Gasteiger partial charge on any atom is -0.378 e. The molecule has 110 valence electrons. The second kappa shape index (κ2) is 6.15. The Hall–Kier alpha value is -2.05. The van der Waals surface area contributed by atoms with Gasteiger partial charge in [-0.25, -0.2) is 4.98 Å². The Balaban J connectivity index is 1.73. The molecule has 0 bridgehead atoms. The van der Waals surface area contributed by atoms with Crippen LogP contribution >= 0.6 is 11.6 Å². The average molecular weight is 306 g/mol. The van der Waals surface area contributed by atoms with Crippen molar-refractivity contribution in [3.8, 4) is 0 Å². The molecule has 0 spiro atoms. The summed E-state index contributed by atoms with van der Waals surface area (Å²) in [5.74, 6) is 0.690. The molecule has 0 aliphatic carbocycles. The highest BCUT2D eigenvalue weighted by molar-refractivity contribution is 6.32. The normalized spacial score (nSPS) is 15.0. The van der Waals surface area contributed by atoms with E-state index >= 15 is 0 Å². The zero-order valence-electron chi connectivity index (χ0n) is 11.4. The highest BCUT2D eigenvalue weighted by atomic mass is 35.5. The van der Waals surface area contributed by atoms with Crippen molar-refractivity contribution < 1.29 is 4.74 Å². The summed E-state index contributed by atoms with van der Waals surface area (Å²) in [6.07, 6.45) is 1.48. The summed E-state index contributed by atoms with van der Waals surface area (Å²) in [5.41, 5.74) is 7.64. The fraction of sp³-hybridized carbons (Fsp3) is 0.286. The minimum absolute atomic E-state index is 0.187. The number of halogens is 1. The third kappa shape index (κ3) is 3.34. The van der Waals surface area contributed by atoms with Crippen LogP contribution in [0.2, 0.25) is 5.02 Å². The molecule has 0 unspecified atom stereocenters. The summed E-state index contributed by atoms with van der Waals surface area (Å²) < 4.78 is 5.35. The Kier molecular flexibility index (Phi) is 4.08. The molecule has 0 atom stereocenters. The van der Waals surface area contributed by atoms with Crippen molar-refractivity contribution in [3.05, 3.63) is 35.5 Å². The number of nitrogens with one attached hydrogen (secondary N) is 1. The molecule has 1 aliphatic heterocycles. The smallest absolute Gasteiger partial charge is 0.222 e. The van der Waals surface area contributed by atoms with E-state index in [1.807, 2.05) is 12.1 Å². The van der Waals surface area contributed by atoms with Crippen molar-refractivity contribution in [2.24, 2.45) is 0 Å². The molecule has 1 aliphatic rings. The van der Waals surface area contributed by atoms with Crippen LogP contribution in [0.3, 0.4) is 0 Å². The molecule has 1 aromatic heterocycles. The van der Waals surface area contributed by atoms with Crippen molar-refractivity contribution in [1.82, 2.24) is 9.97 Å². The lowest BCUT2D eigenvalue weighted by molar-refractivity contribution is 0.122. The van der Waals surface area contributed by atoms with Gasteiger partial charge in [0.15, 0.2) is 5.82 Å². The first-order chi connectivity index (χ1) is 10.2. The van der Waals surface area contributed by atoms with Crippen LogP contribution in [0, 0.1) is 0 Å². The predicted octanol–water partition coefficient (Wildman–Crippen LogP) is 2.29. The van der Waals surface area contributed by atoms with Gasteiger partial charge in [-0.15, -0.1) is 0 Å². The topological polar surface area (TPSA) is 76.3 Å². The zero-order valence-corrected chi connectivity index (χ0v) is 12.2. The lowest BCUT2D eigenvalue weighted by Gasteiger charge is -2.28. The number of nitrogens with zero attached hydrogens (tertiary/aromatic N) is 3. The van der Waals surface area contributed by atoms with Gasteiger partial charge in [0.25, 0.3) is 0 Å². The van der Waals surface area contributed by atoms with Gasteiger partial charge in [0.2, 0.25) is 5.95 Å². The Bertz CT molecular complexity index is 613. The first-order valence-corrected chi connectivity index (χ1v) is 7.08. The number of ether oxygens (including phenoxy) is 1. The van der Waals surface area contributed by atoms with Gasteiger partial charge in [-0.3, -0.25) is 0 Å². The number of morpholine rings is 1. The van der Waals surface area contributed by atoms with E-state index in [2.05, 4.69) is 32.3 Å². The van der Waals surface area contributed by atoms with E-state index in [0.29, 0.717) is 10.8 Å². The summed E-state index contributed by atoms with van der Waals surface area (Å²) >= 11 is 6.03. The Morgan fingerprint density at radius 1 is 1.19 bits per heavy atom. The standard InChI is InChI=1S/C14H16ClN5O/c15-12-9-17-14(16)19-13(12)18-10-1-3-11(4-2-10)20-5-7-21-8-6-20/h1-4,9H,5-8H2,(H3,16,17,18,19). The molecule has 1 fully saturated rings. The number of anilines is 4. The first-order valence-electron chi connectivity index (χ1n) is 6.70. The van der Waals surface area contributed by atoms with E-state index in [4.69, 9.17) is 22.1 Å². The van der Waals surface area contributed by atoms with Gasteiger partial charge in [-0.1, -0.05) is 11.6 Å². The van der Waals surface area contributed by atoms with Crippen LogP contribution in [0.4, 0.5) is 23.1 Å². The van der Waals surface area contributed by atoms with Crippen LogP contribution in [0.1, 0.15) is 0 Å². The van der Waals surface area contributed by atoms with E-state index < -0.39 is 0 Å². The van der Waals surface area contributed by atoms with Gasteiger partial charge in [0.1, 0.15) is 5.02 Å². The Morgan fingerprint density at radius 3 is 2.62 bits per heavy atom. The number of benzene rings is 1. The lowest BCUT2D eigenvalue weighted by Crippen LogP contribution is -2.36. The molecular formula is C14H16ClN5O. The van der Waals surface area contributed by atoms with Gasteiger partial charge < -0.3 is 20.7 Å². The number of hydrogen-bond acceptors (Lipinski definition) is 6. The van der Waals surface area contributed by atoms with Crippen LogP contribution in [0.15, 0.2) is 30.5 Å². The molecule has 1 saturated heterocycles. The highest BCUT2D eigenvalue weighted by Gasteiger charge is 2.11. The van der Waals surface area contributed by atoms with E-state index in [0.717, 1.165) is 32.0 Å². The van der Waals surface area contributed by atoms with E-state index in [9.17, 15) is 0 Å². The largest absolute Gasteiger partial charge is 0.378 e. The Morgan fingerprint density at radius 2 is 1.90 bits per heavy atom. The van der Waals surface area contributed by atoms with Crippen molar-refractivity contribution in [3.63, 3.8) is 0 Å². The Labute approximate surface area is 127 Å². The summed E-state index contributed by atoms with van der Waals surface area (Å²) in [6, 6.07) is 8.09. The molecule has 2 aromatic rings. The van der Waals surface area contributed by atoms with E-state index in [1.165, 1.54) is 11.9 Å². The number of hydrogen-bond donors (Lipinski definition) is 2. The summed E-state index contributed by atoms with van der Waals surface area (Å²) in [6.45, 7) is 3.38. The predicted molar refractivity (Wildman–Crippen MR) is 84.2 cm³/mol. The average Bonchev–Trinajstić information content (AvgIpc) is 2.53. The quantitative estimate of drug-likeness (QED) is 0.906. The molecule has 6 nitrogen and oxygen atoms in total. The fourth-order valence-electron chi connectivity index (χ4n) is 2.18. The molecule has 3 N–H and O–H groups in total. The van der Waals surface area contributed by atoms with Crippen molar-refractivity contribution in [2.45, 2.75) is 0 Å². The molecule has 2 heterocycles. The molecule has 0 amide bonds. The maximum Gasteiger partial charge on any atom is 0.222 e. The summed E-state index contributed by atoms with van der Waals surface area (Å²) in [5, 5.41) is 3.57. The maximum atomic E-state index is 6.03.